The van der Waals surface area contributed by atoms with Crippen LogP contribution >= 0.6 is 38.9 Å². The molecule has 0 saturated heterocycles. The molecule has 2 aromatic heterocycles. The van der Waals surface area contributed by atoms with E-state index in [4.69, 9.17) is 11.6 Å². The molecule has 0 saturated carbocycles. The molecule has 0 amide bonds. The fourth-order valence-electron chi connectivity index (χ4n) is 1.21. The van der Waals surface area contributed by atoms with E-state index in [9.17, 15) is 8.42 Å². The van der Waals surface area contributed by atoms with Crippen LogP contribution in [0.2, 0.25) is 5.02 Å². The van der Waals surface area contributed by atoms with Gasteiger partial charge in [-0.25, -0.2) is 13.1 Å². The van der Waals surface area contributed by atoms with Crippen LogP contribution in [0.25, 0.3) is 0 Å². The molecule has 0 aromatic carbocycles. The van der Waals surface area contributed by atoms with Crippen molar-refractivity contribution in [2.75, 3.05) is 0 Å². The number of aromatic nitrogens is 1. The van der Waals surface area contributed by atoms with Gasteiger partial charge in [-0.2, -0.15) is 0 Å². The number of hydrogen-bond donors (Lipinski definition) is 1. The molecule has 2 rings (SSSR count). The van der Waals surface area contributed by atoms with Crippen molar-refractivity contribution in [1.29, 1.82) is 0 Å². The molecule has 96 valence electrons. The summed E-state index contributed by atoms with van der Waals surface area (Å²) in [5.41, 5.74) is 0.794. The van der Waals surface area contributed by atoms with Crippen molar-refractivity contribution < 1.29 is 8.42 Å². The Morgan fingerprint density at radius 1 is 1.50 bits per heavy atom. The third-order valence-corrected chi connectivity index (χ3v) is 6.43. The Bertz CT molecular complexity index is 624. The number of hydrogen-bond acceptors (Lipinski definition) is 4. The summed E-state index contributed by atoms with van der Waals surface area (Å²) in [7, 11) is -3.53. The second-order valence-electron chi connectivity index (χ2n) is 3.37. The van der Waals surface area contributed by atoms with Gasteiger partial charge in [0.25, 0.3) is 0 Å². The summed E-state index contributed by atoms with van der Waals surface area (Å²) in [6.45, 7) is 0.198. The van der Waals surface area contributed by atoms with Crippen molar-refractivity contribution in [3.63, 3.8) is 0 Å². The zero-order chi connectivity index (χ0) is 13.2. The third kappa shape index (κ3) is 3.30. The lowest BCUT2D eigenvalue weighted by Crippen LogP contribution is -2.22. The van der Waals surface area contributed by atoms with Gasteiger partial charge >= 0.3 is 0 Å². The molecule has 0 aliphatic rings. The van der Waals surface area contributed by atoms with E-state index in [1.165, 1.54) is 6.07 Å². The van der Waals surface area contributed by atoms with Crippen LogP contribution in [0.4, 0.5) is 0 Å². The lowest BCUT2D eigenvalue weighted by Gasteiger charge is -2.03. The van der Waals surface area contributed by atoms with Gasteiger partial charge in [-0.15, -0.1) is 11.3 Å². The van der Waals surface area contributed by atoms with E-state index in [0.717, 1.165) is 16.9 Å². The maximum absolute atomic E-state index is 12.0. The Labute approximate surface area is 122 Å². The summed E-state index contributed by atoms with van der Waals surface area (Å²) in [4.78, 5) is 3.92. The van der Waals surface area contributed by atoms with E-state index in [-0.39, 0.29) is 10.8 Å². The van der Waals surface area contributed by atoms with Gasteiger partial charge < -0.3 is 0 Å². The molecular formula is C10H8BrClN2O2S2. The second kappa shape index (κ2) is 5.66. The quantitative estimate of drug-likeness (QED) is 0.903. The Kier molecular flexibility index (Phi) is 4.39. The van der Waals surface area contributed by atoms with Crippen LogP contribution in [0.15, 0.2) is 38.6 Å². The van der Waals surface area contributed by atoms with E-state index in [0.29, 0.717) is 8.81 Å². The first-order chi connectivity index (χ1) is 8.49. The highest BCUT2D eigenvalue weighted by Crippen LogP contribution is 2.34. The van der Waals surface area contributed by atoms with Crippen molar-refractivity contribution in [1.82, 2.24) is 9.71 Å². The summed E-state index contributed by atoms with van der Waals surface area (Å²) in [5.74, 6) is 0. The molecule has 0 atom stereocenters. The SMILES string of the molecule is O=S(=O)(NCc1cccnc1)c1cc(Cl)c(Br)s1. The number of sulfonamides is 1. The maximum Gasteiger partial charge on any atom is 0.250 e. The predicted molar refractivity (Wildman–Crippen MR) is 75.3 cm³/mol. The minimum absolute atomic E-state index is 0.184. The molecule has 0 unspecified atom stereocenters. The van der Waals surface area contributed by atoms with E-state index < -0.39 is 10.0 Å². The van der Waals surface area contributed by atoms with Gasteiger partial charge in [0.15, 0.2) is 0 Å². The van der Waals surface area contributed by atoms with Gasteiger partial charge in [-0.1, -0.05) is 17.7 Å². The molecule has 2 heterocycles. The number of nitrogens with one attached hydrogen (secondary N) is 1. The maximum atomic E-state index is 12.0. The zero-order valence-electron chi connectivity index (χ0n) is 8.93. The molecule has 0 aliphatic carbocycles. The van der Waals surface area contributed by atoms with Crippen LogP contribution in [0, 0.1) is 0 Å². The molecule has 2 aromatic rings. The second-order valence-corrected chi connectivity index (χ2v) is 8.14. The zero-order valence-corrected chi connectivity index (χ0v) is 12.9. The largest absolute Gasteiger partial charge is 0.264 e. The summed E-state index contributed by atoms with van der Waals surface area (Å²) >= 11 is 10.1. The van der Waals surface area contributed by atoms with Crippen molar-refractivity contribution in [3.8, 4) is 0 Å². The Morgan fingerprint density at radius 2 is 2.28 bits per heavy atom. The molecule has 0 spiro atoms. The molecule has 0 aliphatic heterocycles. The average Bonchev–Trinajstić information content (AvgIpc) is 2.70. The third-order valence-electron chi connectivity index (χ3n) is 2.08. The predicted octanol–water partition coefficient (Wildman–Crippen LogP) is 3.04. The summed E-state index contributed by atoms with van der Waals surface area (Å²) in [6, 6.07) is 4.97. The Balaban J connectivity index is 2.13. The number of halogens is 2. The van der Waals surface area contributed by atoms with Crippen molar-refractivity contribution in [2.24, 2.45) is 0 Å². The normalized spacial score (nSPS) is 11.7. The van der Waals surface area contributed by atoms with Crippen LogP contribution < -0.4 is 4.72 Å². The number of rotatable bonds is 4. The summed E-state index contributed by atoms with van der Waals surface area (Å²) in [5, 5.41) is 0.391. The highest BCUT2D eigenvalue weighted by atomic mass is 79.9. The van der Waals surface area contributed by atoms with Crippen LogP contribution in [-0.4, -0.2) is 13.4 Å². The molecule has 1 N–H and O–H groups in total. The standard InChI is InChI=1S/C10H8BrClN2O2S2/c11-10-8(12)4-9(17-10)18(15,16)14-6-7-2-1-3-13-5-7/h1-5,14H,6H2. The van der Waals surface area contributed by atoms with Gasteiger partial charge in [-0.05, 0) is 33.6 Å². The van der Waals surface area contributed by atoms with Crippen molar-refractivity contribution in [3.05, 3.63) is 45.0 Å². The van der Waals surface area contributed by atoms with E-state index in [2.05, 4.69) is 25.6 Å². The van der Waals surface area contributed by atoms with Gasteiger partial charge in [-0.3, -0.25) is 4.98 Å². The van der Waals surface area contributed by atoms with Gasteiger partial charge in [0.05, 0.1) is 8.81 Å². The van der Waals surface area contributed by atoms with Crippen LogP contribution in [-0.2, 0) is 16.6 Å². The monoisotopic (exact) mass is 366 g/mol. The minimum atomic E-state index is -3.53. The lowest BCUT2D eigenvalue weighted by molar-refractivity contribution is 0.583. The van der Waals surface area contributed by atoms with E-state index in [1.54, 1.807) is 24.5 Å². The van der Waals surface area contributed by atoms with Gasteiger partial charge in [0, 0.05) is 18.9 Å². The number of nitrogens with zero attached hydrogens (tertiary/aromatic N) is 1. The fourth-order valence-corrected chi connectivity index (χ4v) is 4.67. The van der Waals surface area contributed by atoms with Gasteiger partial charge in [0.2, 0.25) is 10.0 Å². The van der Waals surface area contributed by atoms with Crippen molar-refractivity contribution >= 4 is 48.9 Å². The molecule has 0 bridgehead atoms. The first-order valence-electron chi connectivity index (χ1n) is 4.82. The Hall–Kier alpha value is -0.470. The van der Waals surface area contributed by atoms with Crippen LogP contribution in [0.3, 0.4) is 0 Å². The van der Waals surface area contributed by atoms with E-state index in [1.807, 2.05) is 0 Å². The van der Waals surface area contributed by atoms with Crippen LogP contribution in [0.5, 0.6) is 0 Å². The average molecular weight is 368 g/mol. The highest BCUT2D eigenvalue weighted by Gasteiger charge is 2.18. The number of thiophene rings is 1. The van der Waals surface area contributed by atoms with E-state index >= 15 is 0 Å². The van der Waals surface area contributed by atoms with Crippen LogP contribution in [0.1, 0.15) is 5.56 Å². The molecule has 0 fully saturated rings. The molecule has 0 radical (unpaired) electrons. The molecule has 8 heteroatoms. The molecule has 4 nitrogen and oxygen atoms in total. The van der Waals surface area contributed by atoms with Gasteiger partial charge in [0.1, 0.15) is 4.21 Å². The molecular weight excluding hydrogens is 360 g/mol. The Morgan fingerprint density at radius 3 is 2.83 bits per heavy atom. The topological polar surface area (TPSA) is 59.1 Å². The summed E-state index contributed by atoms with van der Waals surface area (Å²) < 4.78 is 27.2. The summed E-state index contributed by atoms with van der Waals surface area (Å²) in [6.07, 6.45) is 3.24. The molecule has 18 heavy (non-hydrogen) atoms. The fraction of sp³-hybridized carbons (Fsp3) is 0.100. The first kappa shape index (κ1) is 14.0. The van der Waals surface area contributed by atoms with Crippen molar-refractivity contribution in [2.45, 2.75) is 10.8 Å². The highest BCUT2D eigenvalue weighted by molar-refractivity contribution is 9.11. The minimum Gasteiger partial charge on any atom is -0.264 e. The number of pyridine rings is 1. The first-order valence-corrected chi connectivity index (χ1v) is 8.29. The smallest absolute Gasteiger partial charge is 0.250 e. The lowest BCUT2D eigenvalue weighted by atomic mass is 10.3.